The summed E-state index contributed by atoms with van der Waals surface area (Å²) in [6.45, 7) is 0.604. The second-order valence-electron chi connectivity index (χ2n) is 5.45. The highest BCUT2D eigenvalue weighted by Crippen LogP contribution is 2.35. The molecule has 0 spiro atoms. The zero-order valence-corrected chi connectivity index (χ0v) is 15.2. The molecule has 0 saturated heterocycles. The molecule has 0 fully saturated rings. The summed E-state index contributed by atoms with van der Waals surface area (Å²) < 4.78 is 10.7. The molecular weight excluding hydrogens is 352 g/mol. The Hall–Kier alpha value is -3.06. The normalized spacial score (nSPS) is 10.4. The average Bonchev–Trinajstić information content (AvgIpc) is 3.19. The van der Waals surface area contributed by atoms with E-state index < -0.39 is 5.97 Å². The lowest BCUT2D eigenvalue weighted by Gasteiger charge is -2.25. The number of hydrogen-bond acceptors (Lipinski definition) is 6. The van der Waals surface area contributed by atoms with Crippen LogP contribution in [-0.2, 0) is 6.54 Å². The number of rotatable bonds is 7. The Bertz CT molecular complexity index is 879. The molecule has 1 aromatic heterocycles. The van der Waals surface area contributed by atoms with Crippen LogP contribution >= 0.6 is 11.3 Å². The molecule has 6 nitrogen and oxygen atoms in total. The van der Waals surface area contributed by atoms with Crippen molar-refractivity contribution < 1.29 is 19.4 Å². The third kappa shape index (κ3) is 3.78. The van der Waals surface area contributed by atoms with E-state index in [2.05, 4.69) is 9.88 Å². The van der Waals surface area contributed by atoms with Crippen LogP contribution in [0.25, 0.3) is 0 Å². The molecule has 0 aliphatic rings. The third-order valence-corrected chi connectivity index (χ3v) is 4.67. The topological polar surface area (TPSA) is 71.9 Å². The minimum atomic E-state index is -0.948. The molecule has 1 N–H and O–H groups in total. The lowest BCUT2D eigenvalue weighted by molar-refractivity contribution is 0.0697. The number of carbonyl (C=O) groups is 1. The Morgan fingerprint density at radius 3 is 2.35 bits per heavy atom. The number of methoxy groups -OCH3 is 2. The van der Waals surface area contributed by atoms with Crippen molar-refractivity contribution in [3.05, 3.63) is 64.6 Å². The molecule has 0 aliphatic carbocycles. The second kappa shape index (κ2) is 7.88. The molecule has 26 heavy (non-hydrogen) atoms. The van der Waals surface area contributed by atoms with Crippen molar-refractivity contribution in [1.82, 2.24) is 4.98 Å². The molecule has 0 unspecified atom stereocenters. The van der Waals surface area contributed by atoms with E-state index in [1.54, 1.807) is 55.3 Å². The SMILES string of the molecule is COc1ccc(N(Cc2cncs2)c2ccc(C(=O)O)cc2)cc1OC. The molecule has 7 heteroatoms. The number of aromatic carboxylic acids is 1. The predicted octanol–water partition coefficient (Wildman–Crippen LogP) is 4.20. The number of carboxylic acids is 1. The average molecular weight is 370 g/mol. The van der Waals surface area contributed by atoms with Crippen LogP contribution in [0.4, 0.5) is 11.4 Å². The van der Waals surface area contributed by atoms with E-state index in [0.717, 1.165) is 16.3 Å². The summed E-state index contributed by atoms with van der Waals surface area (Å²) in [5.41, 5.74) is 3.81. The van der Waals surface area contributed by atoms with Gasteiger partial charge in [-0.3, -0.25) is 4.98 Å². The van der Waals surface area contributed by atoms with Gasteiger partial charge in [-0.1, -0.05) is 0 Å². The fourth-order valence-corrected chi connectivity index (χ4v) is 3.17. The lowest BCUT2D eigenvalue weighted by Crippen LogP contribution is -2.16. The zero-order valence-electron chi connectivity index (χ0n) is 14.4. The van der Waals surface area contributed by atoms with Crippen LogP contribution in [-0.4, -0.2) is 30.3 Å². The third-order valence-electron chi connectivity index (χ3n) is 3.90. The summed E-state index contributed by atoms with van der Waals surface area (Å²) in [6, 6.07) is 12.5. The van der Waals surface area contributed by atoms with Crippen molar-refractivity contribution in [1.29, 1.82) is 0 Å². The second-order valence-corrected chi connectivity index (χ2v) is 6.42. The van der Waals surface area contributed by atoms with Gasteiger partial charge in [-0.05, 0) is 36.4 Å². The summed E-state index contributed by atoms with van der Waals surface area (Å²) in [6.07, 6.45) is 1.82. The molecule has 3 rings (SSSR count). The Balaban J connectivity index is 2.01. The Morgan fingerprint density at radius 1 is 1.08 bits per heavy atom. The fourth-order valence-electron chi connectivity index (χ4n) is 2.58. The first-order valence-electron chi connectivity index (χ1n) is 7.82. The maximum atomic E-state index is 11.1. The van der Waals surface area contributed by atoms with Crippen LogP contribution in [0.3, 0.4) is 0 Å². The number of aromatic nitrogens is 1. The van der Waals surface area contributed by atoms with Gasteiger partial charge in [0.25, 0.3) is 0 Å². The first kappa shape index (κ1) is 17.8. The van der Waals surface area contributed by atoms with E-state index in [1.807, 2.05) is 24.4 Å². The summed E-state index contributed by atoms with van der Waals surface area (Å²) in [5, 5.41) is 9.11. The van der Waals surface area contributed by atoms with E-state index in [0.29, 0.717) is 18.0 Å². The van der Waals surface area contributed by atoms with Gasteiger partial charge < -0.3 is 19.5 Å². The van der Waals surface area contributed by atoms with Crippen LogP contribution in [0, 0.1) is 0 Å². The number of benzene rings is 2. The molecular formula is C19H18N2O4S. The van der Waals surface area contributed by atoms with Gasteiger partial charge >= 0.3 is 5.97 Å². The molecule has 0 aliphatic heterocycles. The summed E-state index contributed by atoms with van der Waals surface area (Å²) >= 11 is 1.56. The van der Waals surface area contributed by atoms with E-state index in [4.69, 9.17) is 14.6 Å². The predicted molar refractivity (Wildman–Crippen MR) is 101 cm³/mol. The fraction of sp³-hybridized carbons (Fsp3) is 0.158. The number of nitrogens with zero attached hydrogens (tertiary/aromatic N) is 2. The Kier molecular flexibility index (Phi) is 5.38. The van der Waals surface area contributed by atoms with Gasteiger partial charge in [0, 0.05) is 28.5 Å². The summed E-state index contributed by atoms with van der Waals surface area (Å²) in [7, 11) is 3.19. The van der Waals surface area contributed by atoms with Gasteiger partial charge in [0.15, 0.2) is 11.5 Å². The van der Waals surface area contributed by atoms with Crippen molar-refractivity contribution >= 4 is 28.7 Å². The van der Waals surface area contributed by atoms with Gasteiger partial charge in [-0.15, -0.1) is 11.3 Å². The maximum Gasteiger partial charge on any atom is 0.335 e. The molecule has 1 heterocycles. The monoisotopic (exact) mass is 370 g/mol. The summed E-state index contributed by atoms with van der Waals surface area (Å²) in [4.78, 5) is 18.4. The minimum absolute atomic E-state index is 0.249. The van der Waals surface area contributed by atoms with Crippen molar-refractivity contribution in [3.63, 3.8) is 0 Å². The van der Waals surface area contributed by atoms with Crippen LogP contribution < -0.4 is 14.4 Å². The Morgan fingerprint density at radius 2 is 1.77 bits per heavy atom. The molecule has 0 bridgehead atoms. The highest BCUT2D eigenvalue weighted by molar-refractivity contribution is 7.09. The van der Waals surface area contributed by atoms with Gasteiger partial charge in [0.05, 0.1) is 31.8 Å². The largest absolute Gasteiger partial charge is 0.493 e. The van der Waals surface area contributed by atoms with Crippen molar-refractivity contribution in [2.24, 2.45) is 0 Å². The molecule has 2 aromatic carbocycles. The van der Waals surface area contributed by atoms with Crippen LogP contribution in [0.5, 0.6) is 11.5 Å². The maximum absolute atomic E-state index is 11.1. The number of hydrogen-bond donors (Lipinski definition) is 1. The highest BCUT2D eigenvalue weighted by Gasteiger charge is 2.15. The van der Waals surface area contributed by atoms with Gasteiger partial charge in [0.1, 0.15) is 0 Å². The molecule has 0 amide bonds. The smallest absolute Gasteiger partial charge is 0.335 e. The molecule has 0 saturated carbocycles. The van der Waals surface area contributed by atoms with Gasteiger partial charge in [-0.25, -0.2) is 4.79 Å². The lowest BCUT2D eigenvalue weighted by atomic mass is 10.1. The van der Waals surface area contributed by atoms with Crippen LogP contribution in [0.2, 0.25) is 0 Å². The zero-order chi connectivity index (χ0) is 18.5. The van der Waals surface area contributed by atoms with Crippen molar-refractivity contribution in [2.45, 2.75) is 6.54 Å². The standard InChI is InChI=1S/C19H18N2O4S/c1-24-17-8-7-15(9-18(17)25-2)21(11-16-10-20-12-26-16)14-5-3-13(4-6-14)19(22)23/h3-10,12H,11H2,1-2H3,(H,22,23). The van der Waals surface area contributed by atoms with E-state index in [1.165, 1.54) is 0 Å². The molecule has 0 atom stereocenters. The van der Waals surface area contributed by atoms with E-state index in [-0.39, 0.29) is 5.56 Å². The van der Waals surface area contributed by atoms with E-state index in [9.17, 15) is 4.79 Å². The number of anilines is 2. The van der Waals surface area contributed by atoms with Gasteiger partial charge in [-0.2, -0.15) is 0 Å². The first-order valence-corrected chi connectivity index (χ1v) is 8.70. The quantitative estimate of drug-likeness (QED) is 0.672. The molecule has 0 radical (unpaired) electrons. The minimum Gasteiger partial charge on any atom is -0.493 e. The van der Waals surface area contributed by atoms with Crippen LogP contribution in [0.1, 0.15) is 15.2 Å². The Labute approximate surface area is 155 Å². The first-order chi connectivity index (χ1) is 12.6. The number of carboxylic acid groups (broad SMARTS) is 1. The number of thiazole rings is 1. The van der Waals surface area contributed by atoms with Gasteiger partial charge in [0.2, 0.25) is 0 Å². The van der Waals surface area contributed by atoms with E-state index >= 15 is 0 Å². The van der Waals surface area contributed by atoms with Crippen LogP contribution in [0.15, 0.2) is 54.2 Å². The van der Waals surface area contributed by atoms with Crippen molar-refractivity contribution in [3.8, 4) is 11.5 Å². The van der Waals surface area contributed by atoms with Crippen molar-refractivity contribution in [2.75, 3.05) is 19.1 Å². The molecule has 134 valence electrons. The number of ether oxygens (including phenoxy) is 2. The summed E-state index contributed by atoms with van der Waals surface area (Å²) in [5.74, 6) is 0.327. The molecule has 3 aromatic rings. The highest BCUT2D eigenvalue weighted by atomic mass is 32.1.